The Morgan fingerprint density at radius 3 is 2.71 bits per heavy atom. The smallest absolute Gasteiger partial charge is 0.236 e. The quantitative estimate of drug-likeness (QED) is 0.854. The molecule has 1 unspecified atom stereocenters. The molecule has 2 heterocycles. The molecule has 0 saturated carbocycles. The van der Waals surface area contributed by atoms with Crippen LogP contribution in [-0.4, -0.2) is 35.4 Å². The minimum atomic E-state index is 0.185. The lowest BCUT2D eigenvalue weighted by Gasteiger charge is -2.18. The highest BCUT2D eigenvalue weighted by molar-refractivity contribution is 5.78. The van der Waals surface area contributed by atoms with Gasteiger partial charge in [-0.3, -0.25) is 9.78 Å². The molecule has 2 rings (SSSR count). The molecule has 1 saturated heterocycles. The molecule has 92 valence electrons. The number of nitrogens with one attached hydrogen (secondary N) is 1. The number of carbonyl (C=O) groups is 1. The third-order valence-electron chi connectivity index (χ3n) is 3.22. The van der Waals surface area contributed by atoms with Crippen molar-refractivity contribution in [3.05, 3.63) is 30.1 Å². The van der Waals surface area contributed by atoms with Gasteiger partial charge in [0.2, 0.25) is 5.91 Å². The number of aromatic nitrogens is 1. The summed E-state index contributed by atoms with van der Waals surface area (Å²) in [5.41, 5.74) is 1.16. The van der Waals surface area contributed by atoms with Gasteiger partial charge in [-0.15, -0.1) is 0 Å². The molecule has 4 nitrogen and oxygen atoms in total. The highest BCUT2D eigenvalue weighted by atomic mass is 16.2. The maximum absolute atomic E-state index is 11.8. The van der Waals surface area contributed by atoms with E-state index in [1.807, 2.05) is 17.0 Å². The Morgan fingerprint density at radius 1 is 1.41 bits per heavy atom. The number of amides is 1. The van der Waals surface area contributed by atoms with Gasteiger partial charge in [0.1, 0.15) is 0 Å². The summed E-state index contributed by atoms with van der Waals surface area (Å²) < 4.78 is 0. The predicted molar refractivity (Wildman–Crippen MR) is 66.5 cm³/mol. The van der Waals surface area contributed by atoms with Crippen molar-refractivity contribution < 1.29 is 4.79 Å². The Kier molecular flexibility index (Phi) is 4.09. The van der Waals surface area contributed by atoms with E-state index in [4.69, 9.17) is 0 Å². The van der Waals surface area contributed by atoms with Crippen molar-refractivity contribution in [1.82, 2.24) is 15.2 Å². The van der Waals surface area contributed by atoms with Gasteiger partial charge in [-0.2, -0.15) is 0 Å². The van der Waals surface area contributed by atoms with Crippen molar-refractivity contribution >= 4 is 5.91 Å². The Labute approximate surface area is 102 Å². The second-order valence-corrected chi connectivity index (χ2v) is 4.47. The van der Waals surface area contributed by atoms with Crippen LogP contribution in [0, 0.1) is 0 Å². The molecule has 1 aliphatic heterocycles. The fourth-order valence-corrected chi connectivity index (χ4v) is 2.09. The third kappa shape index (κ3) is 3.27. The molecule has 0 radical (unpaired) electrons. The summed E-state index contributed by atoms with van der Waals surface area (Å²) in [6.45, 7) is 4.32. The minimum Gasteiger partial charge on any atom is -0.342 e. The van der Waals surface area contributed by atoms with Crippen LogP contribution in [0.25, 0.3) is 0 Å². The molecule has 1 amide bonds. The number of hydrogen-bond acceptors (Lipinski definition) is 3. The van der Waals surface area contributed by atoms with E-state index >= 15 is 0 Å². The van der Waals surface area contributed by atoms with Gasteiger partial charge < -0.3 is 10.2 Å². The van der Waals surface area contributed by atoms with Crippen molar-refractivity contribution in [2.45, 2.75) is 25.8 Å². The van der Waals surface area contributed by atoms with Gasteiger partial charge >= 0.3 is 0 Å². The lowest BCUT2D eigenvalue weighted by Crippen LogP contribution is -2.37. The van der Waals surface area contributed by atoms with Crippen molar-refractivity contribution in [1.29, 1.82) is 0 Å². The highest BCUT2D eigenvalue weighted by Crippen LogP contribution is 2.11. The zero-order valence-electron chi connectivity index (χ0n) is 10.2. The molecule has 1 fully saturated rings. The van der Waals surface area contributed by atoms with Crippen LogP contribution >= 0.6 is 0 Å². The molecule has 0 spiro atoms. The molecule has 0 aliphatic carbocycles. The minimum absolute atomic E-state index is 0.185. The van der Waals surface area contributed by atoms with Crippen LogP contribution in [0.3, 0.4) is 0 Å². The third-order valence-corrected chi connectivity index (χ3v) is 3.22. The van der Waals surface area contributed by atoms with E-state index in [2.05, 4.69) is 17.2 Å². The highest BCUT2D eigenvalue weighted by Gasteiger charge is 2.18. The standard InChI is InChI=1S/C13H19N3O/c1-11(12-4-6-14-7-5-12)15-10-13(17)16-8-2-3-9-16/h4-7,11,15H,2-3,8-10H2,1H3. The van der Waals surface area contributed by atoms with Crippen LogP contribution < -0.4 is 5.32 Å². The zero-order valence-corrected chi connectivity index (χ0v) is 10.2. The summed E-state index contributed by atoms with van der Waals surface area (Å²) in [6, 6.07) is 4.13. The first-order valence-electron chi connectivity index (χ1n) is 6.18. The number of hydrogen-bond donors (Lipinski definition) is 1. The van der Waals surface area contributed by atoms with Gasteiger partial charge in [-0.25, -0.2) is 0 Å². The van der Waals surface area contributed by atoms with Gasteiger partial charge in [-0.05, 0) is 37.5 Å². The summed E-state index contributed by atoms with van der Waals surface area (Å²) in [5, 5.41) is 3.26. The molecule has 1 N–H and O–H groups in total. The normalized spacial score (nSPS) is 17.1. The van der Waals surface area contributed by atoms with E-state index in [1.54, 1.807) is 12.4 Å². The topological polar surface area (TPSA) is 45.2 Å². The number of carbonyl (C=O) groups excluding carboxylic acids is 1. The summed E-state index contributed by atoms with van der Waals surface area (Å²) in [6.07, 6.45) is 5.84. The van der Waals surface area contributed by atoms with E-state index in [1.165, 1.54) is 0 Å². The number of rotatable bonds is 4. The molecule has 1 aromatic heterocycles. The second kappa shape index (κ2) is 5.77. The Bertz CT molecular complexity index is 360. The zero-order chi connectivity index (χ0) is 12.1. The lowest BCUT2D eigenvalue weighted by atomic mass is 10.1. The van der Waals surface area contributed by atoms with Gasteiger partial charge in [0, 0.05) is 31.5 Å². The summed E-state index contributed by atoms with van der Waals surface area (Å²) in [4.78, 5) is 17.8. The van der Waals surface area contributed by atoms with Crippen molar-refractivity contribution in [3.63, 3.8) is 0 Å². The van der Waals surface area contributed by atoms with E-state index in [0.717, 1.165) is 31.5 Å². The van der Waals surface area contributed by atoms with Crippen molar-refractivity contribution in [3.8, 4) is 0 Å². The maximum Gasteiger partial charge on any atom is 0.236 e. The number of likely N-dealkylation sites (tertiary alicyclic amines) is 1. The average Bonchev–Trinajstić information content (AvgIpc) is 2.90. The van der Waals surface area contributed by atoms with E-state index in [-0.39, 0.29) is 11.9 Å². The Balaban J connectivity index is 1.80. The van der Waals surface area contributed by atoms with Crippen LogP contribution in [0.4, 0.5) is 0 Å². The largest absolute Gasteiger partial charge is 0.342 e. The number of nitrogens with zero attached hydrogens (tertiary/aromatic N) is 2. The maximum atomic E-state index is 11.8. The SMILES string of the molecule is CC(NCC(=O)N1CCCC1)c1ccncc1. The molecule has 1 aromatic rings. The molecule has 4 heteroatoms. The van der Waals surface area contributed by atoms with Gasteiger partial charge in [0.25, 0.3) is 0 Å². The molecule has 1 atom stereocenters. The first-order valence-corrected chi connectivity index (χ1v) is 6.18. The monoisotopic (exact) mass is 233 g/mol. The predicted octanol–water partition coefficient (Wildman–Crippen LogP) is 1.35. The van der Waals surface area contributed by atoms with E-state index in [0.29, 0.717) is 6.54 Å². The van der Waals surface area contributed by atoms with Crippen molar-refractivity contribution in [2.75, 3.05) is 19.6 Å². The molecule has 0 bridgehead atoms. The van der Waals surface area contributed by atoms with Crippen LogP contribution in [0.2, 0.25) is 0 Å². The lowest BCUT2D eigenvalue weighted by molar-refractivity contribution is -0.129. The fourth-order valence-electron chi connectivity index (χ4n) is 2.09. The van der Waals surface area contributed by atoms with Crippen LogP contribution in [-0.2, 0) is 4.79 Å². The van der Waals surface area contributed by atoms with E-state index < -0.39 is 0 Å². The van der Waals surface area contributed by atoms with Gasteiger partial charge in [0.05, 0.1) is 6.54 Å². The van der Waals surface area contributed by atoms with E-state index in [9.17, 15) is 4.79 Å². The molecular weight excluding hydrogens is 214 g/mol. The number of pyridine rings is 1. The molecule has 0 aromatic carbocycles. The fraction of sp³-hybridized carbons (Fsp3) is 0.538. The van der Waals surface area contributed by atoms with Crippen molar-refractivity contribution in [2.24, 2.45) is 0 Å². The Morgan fingerprint density at radius 2 is 2.06 bits per heavy atom. The van der Waals surface area contributed by atoms with Crippen LogP contribution in [0.1, 0.15) is 31.4 Å². The van der Waals surface area contributed by atoms with Gasteiger partial charge in [-0.1, -0.05) is 0 Å². The summed E-state index contributed by atoms with van der Waals surface area (Å²) >= 11 is 0. The second-order valence-electron chi connectivity index (χ2n) is 4.47. The molecule has 1 aliphatic rings. The first-order chi connectivity index (χ1) is 8.27. The average molecular weight is 233 g/mol. The Hall–Kier alpha value is -1.42. The molecule has 17 heavy (non-hydrogen) atoms. The first kappa shape index (κ1) is 12.0. The molecular formula is C13H19N3O. The van der Waals surface area contributed by atoms with Crippen LogP contribution in [0.5, 0.6) is 0 Å². The summed E-state index contributed by atoms with van der Waals surface area (Å²) in [5.74, 6) is 0.211. The van der Waals surface area contributed by atoms with Gasteiger partial charge in [0.15, 0.2) is 0 Å². The van der Waals surface area contributed by atoms with Crippen LogP contribution in [0.15, 0.2) is 24.5 Å². The summed E-state index contributed by atoms with van der Waals surface area (Å²) in [7, 11) is 0.